The average Bonchev–Trinajstić information content (AvgIpc) is 2.94. The van der Waals surface area contributed by atoms with Crippen molar-refractivity contribution in [2.45, 2.75) is 13.8 Å². The molecule has 0 spiro atoms. The maximum atomic E-state index is 12.4. The van der Waals surface area contributed by atoms with Crippen LogP contribution in [0.25, 0.3) is 11.3 Å². The average molecular weight is 318 g/mol. The van der Waals surface area contributed by atoms with Crippen LogP contribution < -0.4 is 11.1 Å². The first-order chi connectivity index (χ1) is 10.7. The third-order valence-corrected chi connectivity index (χ3v) is 4.39. The van der Waals surface area contributed by atoms with Gasteiger partial charge in [-0.05, 0) is 13.1 Å². The Labute approximate surface area is 135 Å². The fourth-order valence-corrected chi connectivity index (χ4v) is 3.00. The first-order valence-corrected chi connectivity index (χ1v) is 8.29. The Balaban J connectivity index is 2.07. The lowest BCUT2D eigenvalue weighted by Gasteiger charge is -2.17. The molecule has 0 saturated carbocycles. The van der Waals surface area contributed by atoms with Gasteiger partial charge in [-0.25, -0.2) is 4.98 Å². The van der Waals surface area contributed by atoms with Gasteiger partial charge in [0.1, 0.15) is 4.88 Å². The molecule has 1 aromatic carbocycles. The van der Waals surface area contributed by atoms with Gasteiger partial charge in [0.15, 0.2) is 5.13 Å². The highest BCUT2D eigenvalue weighted by molar-refractivity contribution is 7.17. The van der Waals surface area contributed by atoms with Crippen LogP contribution in [-0.4, -0.2) is 42.0 Å². The van der Waals surface area contributed by atoms with E-state index in [1.807, 2.05) is 30.3 Å². The fourth-order valence-electron chi connectivity index (χ4n) is 2.23. The Morgan fingerprint density at radius 3 is 2.59 bits per heavy atom. The number of nitrogen functional groups attached to an aromatic ring is 1. The SMILES string of the molecule is CCN(CC)CCNC(=O)c1sc(N)nc1-c1ccccc1. The smallest absolute Gasteiger partial charge is 0.263 e. The number of aromatic nitrogens is 1. The van der Waals surface area contributed by atoms with Crippen molar-refractivity contribution in [1.29, 1.82) is 0 Å². The molecule has 1 amide bonds. The van der Waals surface area contributed by atoms with Gasteiger partial charge >= 0.3 is 0 Å². The van der Waals surface area contributed by atoms with E-state index in [0.29, 0.717) is 22.2 Å². The summed E-state index contributed by atoms with van der Waals surface area (Å²) in [6.07, 6.45) is 0. The Morgan fingerprint density at radius 2 is 1.95 bits per heavy atom. The van der Waals surface area contributed by atoms with Gasteiger partial charge in [-0.1, -0.05) is 55.5 Å². The molecule has 22 heavy (non-hydrogen) atoms. The van der Waals surface area contributed by atoms with Crippen LogP contribution >= 0.6 is 11.3 Å². The summed E-state index contributed by atoms with van der Waals surface area (Å²) in [6.45, 7) is 7.65. The molecule has 3 N–H and O–H groups in total. The second-order valence-electron chi connectivity index (χ2n) is 4.88. The van der Waals surface area contributed by atoms with Crippen LogP contribution in [0.15, 0.2) is 30.3 Å². The summed E-state index contributed by atoms with van der Waals surface area (Å²) in [5.74, 6) is -0.111. The number of rotatable bonds is 7. The van der Waals surface area contributed by atoms with Gasteiger partial charge < -0.3 is 16.0 Å². The summed E-state index contributed by atoms with van der Waals surface area (Å²) in [6, 6.07) is 9.64. The molecule has 6 heteroatoms. The van der Waals surface area contributed by atoms with Crippen molar-refractivity contribution in [3.63, 3.8) is 0 Å². The molecule has 0 aliphatic carbocycles. The molecule has 0 atom stereocenters. The second-order valence-corrected chi connectivity index (χ2v) is 5.91. The van der Waals surface area contributed by atoms with Crippen molar-refractivity contribution >= 4 is 22.4 Å². The van der Waals surface area contributed by atoms with E-state index < -0.39 is 0 Å². The number of hydrogen-bond acceptors (Lipinski definition) is 5. The lowest BCUT2D eigenvalue weighted by atomic mass is 10.1. The molecule has 118 valence electrons. The number of carbonyl (C=O) groups excluding carboxylic acids is 1. The number of nitrogens with one attached hydrogen (secondary N) is 1. The predicted octanol–water partition coefficient (Wildman–Crippen LogP) is 2.46. The number of amides is 1. The number of hydrogen-bond donors (Lipinski definition) is 2. The molecular weight excluding hydrogens is 296 g/mol. The van der Waals surface area contributed by atoms with E-state index in [-0.39, 0.29) is 5.91 Å². The highest BCUT2D eigenvalue weighted by Crippen LogP contribution is 2.29. The lowest BCUT2D eigenvalue weighted by Crippen LogP contribution is -2.34. The van der Waals surface area contributed by atoms with Crippen molar-refractivity contribution in [2.24, 2.45) is 0 Å². The van der Waals surface area contributed by atoms with Crippen molar-refractivity contribution in [1.82, 2.24) is 15.2 Å². The van der Waals surface area contributed by atoms with Crippen LogP contribution in [0.2, 0.25) is 0 Å². The number of nitrogens with zero attached hydrogens (tertiary/aromatic N) is 2. The maximum Gasteiger partial charge on any atom is 0.263 e. The first-order valence-electron chi connectivity index (χ1n) is 7.48. The predicted molar refractivity (Wildman–Crippen MR) is 92.1 cm³/mol. The standard InChI is InChI=1S/C16H22N4OS/c1-3-20(4-2)11-10-18-15(21)14-13(19-16(17)22-14)12-8-6-5-7-9-12/h5-9H,3-4,10-11H2,1-2H3,(H2,17,19)(H,18,21). The highest BCUT2D eigenvalue weighted by Gasteiger charge is 2.18. The van der Waals surface area contributed by atoms with Gasteiger partial charge in [0.2, 0.25) is 0 Å². The van der Waals surface area contributed by atoms with Crippen molar-refractivity contribution in [2.75, 3.05) is 31.9 Å². The molecule has 0 bridgehead atoms. The van der Waals surface area contributed by atoms with Gasteiger partial charge in [-0.3, -0.25) is 4.79 Å². The zero-order valence-electron chi connectivity index (χ0n) is 13.0. The van der Waals surface area contributed by atoms with Crippen LogP contribution in [0.1, 0.15) is 23.5 Å². The summed E-state index contributed by atoms with van der Waals surface area (Å²) in [5.41, 5.74) is 7.36. The van der Waals surface area contributed by atoms with E-state index in [1.54, 1.807) is 0 Å². The quantitative estimate of drug-likeness (QED) is 0.822. The van der Waals surface area contributed by atoms with Crippen LogP contribution in [0.4, 0.5) is 5.13 Å². The number of anilines is 1. The third-order valence-electron chi connectivity index (χ3n) is 3.51. The van der Waals surface area contributed by atoms with E-state index in [9.17, 15) is 4.79 Å². The molecule has 1 aromatic heterocycles. The van der Waals surface area contributed by atoms with Gasteiger partial charge in [-0.15, -0.1) is 0 Å². The highest BCUT2D eigenvalue weighted by atomic mass is 32.1. The maximum absolute atomic E-state index is 12.4. The molecule has 0 aliphatic heterocycles. The van der Waals surface area contributed by atoms with Gasteiger partial charge in [0.05, 0.1) is 5.69 Å². The van der Waals surface area contributed by atoms with E-state index >= 15 is 0 Å². The molecule has 0 aliphatic rings. The molecule has 0 unspecified atom stereocenters. The second kappa shape index (κ2) is 7.91. The molecule has 1 heterocycles. The minimum Gasteiger partial charge on any atom is -0.375 e. The van der Waals surface area contributed by atoms with Gasteiger partial charge in [-0.2, -0.15) is 0 Å². The zero-order valence-corrected chi connectivity index (χ0v) is 13.8. The molecular formula is C16H22N4OS. The summed E-state index contributed by atoms with van der Waals surface area (Å²) >= 11 is 1.23. The topological polar surface area (TPSA) is 71.2 Å². The van der Waals surface area contributed by atoms with E-state index in [1.165, 1.54) is 11.3 Å². The van der Waals surface area contributed by atoms with Crippen molar-refractivity contribution in [3.05, 3.63) is 35.2 Å². The summed E-state index contributed by atoms with van der Waals surface area (Å²) < 4.78 is 0. The zero-order chi connectivity index (χ0) is 15.9. The molecule has 0 radical (unpaired) electrons. The molecule has 0 fully saturated rings. The number of benzene rings is 1. The number of likely N-dealkylation sites (N-methyl/N-ethyl adjacent to an activating group) is 1. The Bertz CT molecular complexity index is 608. The normalized spacial score (nSPS) is 10.9. The van der Waals surface area contributed by atoms with E-state index in [4.69, 9.17) is 5.73 Å². The summed E-state index contributed by atoms with van der Waals surface area (Å²) in [5, 5.41) is 3.37. The van der Waals surface area contributed by atoms with Crippen molar-refractivity contribution in [3.8, 4) is 11.3 Å². The lowest BCUT2D eigenvalue weighted by molar-refractivity contribution is 0.0953. The van der Waals surface area contributed by atoms with Gasteiger partial charge in [0.25, 0.3) is 5.91 Å². The number of nitrogens with two attached hydrogens (primary N) is 1. The fraction of sp³-hybridized carbons (Fsp3) is 0.375. The Hall–Kier alpha value is -1.92. The van der Waals surface area contributed by atoms with Crippen LogP contribution in [0.5, 0.6) is 0 Å². The third kappa shape index (κ3) is 4.05. The van der Waals surface area contributed by atoms with E-state index in [0.717, 1.165) is 25.2 Å². The number of thiazole rings is 1. The Morgan fingerprint density at radius 1 is 1.27 bits per heavy atom. The van der Waals surface area contributed by atoms with Crippen LogP contribution in [0.3, 0.4) is 0 Å². The monoisotopic (exact) mass is 318 g/mol. The number of carbonyl (C=O) groups is 1. The molecule has 0 saturated heterocycles. The molecule has 5 nitrogen and oxygen atoms in total. The molecule has 2 rings (SSSR count). The summed E-state index contributed by atoms with van der Waals surface area (Å²) in [7, 11) is 0. The Kier molecular flexibility index (Phi) is 5.91. The summed E-state index contributed by atoms with van der Waals surface area (Å²) in [4.78, 5) is 19.5. The van der Waals surface area contributed by atoms with E-state index in [2.05, 4.69) is 29.0 Å². The van der Waals surface area contributed by atoms with Crippen molar-refractivity contribution < 1.29 is 4.79 Å². The van der Waals surface area contributed by atoms with Crippen LogP contribution in [0, 0.1) is 0 Å². The van der Waals surface area contributed by atoms with Crippen LogP contribution in [-0.2, 0) is 0 Å². The largest absolute Gasteiger partial charge is 0.375 e. The minimum absolute atomic E-state index is 0.111. The first kappa shape index (κ1) is 16.5. The van der Waals surface area contributed by atoms with Gasteiger partial charge in [0, 0.05) is 18.7 Å². The molecule has 2 aromatic rings. The minimum atomic E-state index is -0.111.